The Bertz CT molecular complexity index is 129. The van der Waals surface area contributed by atoms with E-state index >= 15 is 0 Å². The van der Waals surface area contributed by atoms with Crippen LogP contribution in [0.25, 0.3) is 0 Å². The summed E-state index contributed by atoms with van der Waals surface area (Å²) in [4.78, 5) is 2.21. The molecular weight excluding hydrogens is 164 g/mol. The fourth-order valence-corrected chi connectivity index (χ4v) is 1.86. The van der Waals surface area contributed by atoms with Crippen molar-refractivity contribution in [2.45, 2.75) is 13.8 Å². The standard InChI is InChI=1S/C6H9S2Si/c1-5(7)3-6(2)8-4-9/h3H,4H2,1-2H3/b6-3-. The minimum Gasteiger partial charge on any atom is -0.135 e. The lowest BCUT2D eigenvalue weighted by Crippen LogP contribution is -1.80. The van der Waals surface area contributed by atoms with Gasteiger partial charge >= 0.3 is 0 Å². The molecule has 3 radical (unpaired) electrons. The third-order valence-corrected chi connectivity index (χ3v) is 1.97. The summed E-state index contributed by atoms with van der Waals surface area (Å²) in [6.07, 6.45) is 2.00. The number of rotatable bonds is 3. The van der Waals surface area contributed by atoms with E-state index in [1.54, 1.807) is 11.8 Å². The molecule has 0 rings (SSSR count). The molecule has 0 aromatic heterocycles. The quantitative estimate of drug-likeness (QED) is 0.364. The average molecular weight is 173 g/mol. The van der Waals surface area contributed by atoms with Gasteiger partial charge in [0.25, 0.3) is 0 Å². The van der Waals surface area contributed by atoms with Gasteiger partial charge in [-0.1, -0.05) is 12.2 Å². The topological polar surface area (TPSA) is 0 Å². The Kier molecular flexibility index (Phi) is 5.43. The second kappa shape index (κ2) is 5.20. The molecule has 0 fully saturated rings. The van der Waals surface area contributed by atoms with Crippen LogP contribution in [-0.2, 0) is 0 Å². The van der Waals surface area contributed by atoms with Gasteiger partial charge in [0.1, 0.15) is 0 Å². The second-order valence-electron chi connectivity index (χ2n) is 1.65. The third-order valence-electron chi connectivity index (χ3n) is 0.706. The molecule has 0 saturated heterocycles. The molecule has 0 unspecified atom stereocenters. The fourth-order valence-electron chi connectivity index (χ4n) is 0.442. The summed E-state index contributed by atoms with van der Waals surface area (Å²) in [5.41, 5.74) is 0. The van der Waals surface area contributed by atoms with E-state index in [0.29, 0.717) is 0 Å². The van der Waals surface area contributed by atoms with Crippen molar-refractivity contribution < 1.29 is 0 Å². The van der Waals surface area contributed by atoms with Crippen LogP contribution in [0, 0.1) is 0 Å². The smallest absolute Gasteiger partial charge is 0.0372 e. The zero-order valence-electron chi connectivity index (χ0n) is 5.60. The van der Waals surface area contributed by atoms with Crippen molar-refractivity contribution in [3.63, 3.8) is 0 Å². The SMILES string of the molecule is CC(=S)/C=C(/C)SC[Si]. The lowest BCUT2D eigenvalue weighted by Gasteiger charge is -1.94. The lowest BCUT2D eigenvalue weighted by molar-refractivity contribution is 1.69. The van der Waals surface area contributed by atoms with Crippen molar-refractivity contribution in [3.05, 3.63) is 11.0 Å². The molecule has 0 aliphatic rings. The van der Waals surface area contributed by atoms with E-state index in [2.05, 4.69) is 17.2 Å². The van der Waals surface area contributed by atoms with Crippen LogP contribution in [0.1, 0.15) is 13.8 Å². The molecule has 49 valence electrons. The van der Waals surface area contributed by atoms with Gasteiger partial charge in [-0.15, -0.1) is 11.8 Å². The molecule has 0 amide bonds. The molecule has 3 heteroatoms. The predicted octanol–water partition coefficient (Wildman–Crippen LogP) is 2.14. The zero-order chi connectivity index (χ0) is 7.28. The van der Waals surface area contributed by atoms with Crippen LogP contribution < -0.4 is 0 Å². The van der Waals surface area contributed by atoms with Crippen molar-refractivity contribution in [1.29, 1.82) is 0 Å². The Balaban J connectivity index is 3.69. The fraction of sp³-hybridized carbons (Fsp3) is 0.500. The molecule has 0 nitrogen and oxygen atoms in total. The van der Waals surface area contributed by atoms with Gasteiger partial charge in [0.2, 0.25) is 0 Å². The highest BCUT2D eigenvalue weighted by atomic mass is 32.2. The third kappa shape index (κ3) is 6.28. The normalized spacial score (nSPS) is 11.7. The minimum absolute atomic E-state index is 0.935. The first-order valence-corrected chi connectivity index (χ1v) is 4.73. The molecule has 0 aromatic rings. The first-order chi connectivity index (χ1) is 4.16. The van der Waals surface area contributed by atoms with Crippen molar-refractivity contribution >= 4 is 39.1 Å². The van der Waals surface area contributed by atoms with Gasteiger partial charge in [-0.3, -0.25) is 0 Å². The number of allylic oxidation sites excluding steroid dienone is 2. The Labute approximate surface area is 69.5 Å². The van der Waals surface area contributed by atoms with Crippen LogP contribution in [0.4, 0.5) is 0 Å². The summed E-state index contributed by atoms with van der Waals surface area (Å²) in [5.74, 6) is 0. The van der Waals surface area contributed by atoms with Crippen molar-refractivity contribution in [1.82, 2.24) is 0 Å². The monoisotopic (exact) mass is 173 g/mol. The van der Waals surface area contributed by atoms with E-state index in [4.69, 9.17) is 12.2 Å². The molecule has 0 heterocycles. The highest BCUT2D eigenvalue weighted by molar-refractivity contribution is 8.04. The first kappa shape index (κ1) is 9.40. The van der Waals surface area contributed by atoms with Crippen molar-refractivity contribution in [2.24, 2.45) is 0 Å². The van der Waals surface area contributed by atoms with Gasteiger partial charge in [0, 0.05) is 15.1 Å². The second-order valence-corrected chi connectivity index (χ2v) is 4.39. The van der Waals surface area contributed by atoms with Crippen molar-refractivity contribution in [2.75, 3.05) is 5.38 Å². The van der Waals surface area contributed by atoms with E-state index in [-0.39, 0.29) is 0 Å². The van der Waals surface area contributed by atoms with Crippen LogP contribution in [0.3, 0.4) is 0 Å². The Morgan fingerprint density at radius 3 is 2.56 bits per heavy atom. The maximum absolute atomic E-state index is 4.88. The lowest BCUT2D eigenvalue weighted by atomic mass is 10.4. The molecule has 9 heavy (non-hydrogen) atoms. The molecule has 0 bridgehead atoms. The van der Waals surface area contributed by atoms with Gasteiger partial charge in [-0.25, -0.2) is 0 Å². The van der Waals surface area contributed by atoms with Gasteiger partial charge in [-0.05, 0) is 30.2 Å². The van der Waals surface area contributed by atoms with Gasteiger partial charge in [0.15, 0.2) is 0 Å². The van der Waals surface area contributed by atoms with Crippen molar-refractivity contribution in [3.8, 4) is 0 Å². The van der Waals surface area contributed by atoms with Crippen LogP contribution in [0.2, 0.25) is 0 Å². The summed E-state index contributed by atoms with van der Waals surface area (Å²) in [5, 5.41) is 0.935. The largest absolute Gasteiger partial charge is 0.135 e. The van der Waals surface area contributed by atoms with Crippen LogP contribution in [-0.4, -0.2) is 20.5 Å². The van der Waals surface area contributed by atoms with E-state index in [1.807, 2.05) is 13.0 Å². The summed E-state index contributed by atoms with van der Waals surface area (Å²) >= 11 is 6.63. The molecule has 0 aliphatic carbocycles. The summed E-state index contributed by atoms with van der Waals surface area (Å²) < 4.78 is 0. The Hall–Kier alpha value is 0.397. The highest BCUT2D eigenvalue weighted by Gasteiger charge is 1.86. The number of hydrogen-bond acceptors (Lipinski definition) is 2. The van der Waals surface area contributed by atoms with Gasteiger partial charge in [0.05, 0.1) is 0 Å². The molecule has 0 aromatic carbocycles. The maximum Gasteiger partial charge on any atom is 0.0372 e. The predicted molar refractivity (Wildman–Crippen MR) is 50.2 cm³/mol. The number of thioether (sulfide) groups is 1. The molecule has 0 atom stereocenters. The van der Waals surface area contributed by atoms with Crippen LogP contribution in [0.15, 0.2) is 11.0 Å². The van der Waals surface area contributed by atoms with Crippen LogP contribution in [0.5, 0.6) is 0 Å². The van der Waals surface area contributed by atoms with Gasteiger partial charge < -0.3 is 0 Å². The van der Waals surface area contributed by atoms with E-state index in [0.717, 1.165) is 10.2 Å². The summed E-state index contributed by atoms with van der Waals surface area (Å²) in [7, 11) is 3.36. The van der Waals surface area contributed by atoms with Gasteiger partial charge in [-0.2, -0.15) is 0 Å². The molecular formula is C6H9S2Si. The Morgan fingerprint density at radius 2 is 2.22 bits per heavy atom. The van der Waals surface area contributed by atoms with E-state index in [9.17, 15) is 0 Å². The van der Waals surface area contributed by atoms with E-state index < -0.39 is 0 Å². The maximum atomic E-state index is 4.88. The minimum atomic E-state index is 0.935. The molecule has 0 spiro atoms. The highest BCUT2D eigenvalue weighted by Crippen LogP contribution is 2.11. The first-order valence-electron chi connectivity index (χ1n) is 2.63. The Morgan fingerprint density at radius 1 is 1.67 bits per heavy atom. The number of hydrogen-bond donors (Lipinski definition) is 0. The zero-order valence-corrected chi connectivity index (χ0v) is 8.23. The molecule has 0 saturated carbocycles. The van der Waals surface area contributed by atoms with E-state index in [1.165, 1.54) is 4.91 Å². The number of thiocarbonyl (C=S) groups is 1. The van der Waals surface area contributed by atoms with Crippen LogP contribution >= 0.6 is 24.0 Å². The summed E-state index contributed by atoms with van der Waals surface area (Å²) in [6.45, 7) is 3.98. The summed E-state index contributed by atoms with van der Waals surface area (Å²) in [6, 6.07) is 0. The average Bonchev–Trinajstić information content (AvgIpc) is 1.63. The molecule has 0 aliphatic heterocycles. The molecule has 0 N–H and O–H groups in total.